The summed E-state index contributed by atoms with van der Waals surface area (Å²) in [6.45, 7) is 1.20. The molecule has 0 bridgehead atoms. The molecule has 1 atom stereocenters. The van der Waals surface area contributed by atoms with Crippen LogP contribution in [0.5, 0.6) is 0 Å². The highest BCUT2D eigenvalue weighted by Crippen LogP contribution is 2.18. The van der Waals surface area contributed by atoms with Crippen LogP contribution in [0.15, 0.2) is 30.6 Å². The molecule has 8 nitrogen and oxygen atoms in total. The Labute approximate surface area is 132 Å². The number of sulfonamides is 1. The minimum Gasteiger partial charge on any atom is -0.345 e. The molecule has 0 spiro atoms. The second kappa shape index (κ2) is 6.73. The molecule has 0 aliphatic carbocycles. The lowest BCUT2D eigenvalue weighted by Gasteiger charge is -2.22. The van der Waals surface area contributed by atoms with Crippen LogP contribution in [-0.4, -0.2) is 42.3 Å². The third-order valence-electron chi connectivity index (χ3n) is 3.01. The molecule has 0 radical (unpaired) electrons. The summed E-state index contributed by atoms with van der Waals surface area (Å²) in [4.78, 5) is 16.0. The van der Waals surface area contributed by atoms with Crippen LogP contribution in [-0.2, 0) is 14.8 Å². The lowest BCUT2D eigenvalue weighted by molar-refractivity contribution is -0.120. The Kier molecular flexibility index (Phi) is 4.94. The molecule has 1 heterocycles. The summed E-state index contributed by atoms with van der Waals surface area (Å²) in [5.74, 6) is -0.704. The molecule has 0 saturated carbocycles. The summed E-state index contributed by atoms with van der Waals surface area (Å²) >= 11 is 0. The van der Waals surface area contributed by atoms with Crippen molar-refractivity contribution in [1.82, 2.24) is 20.5 Å². The Morgan fingerprint density at radius 1 is 1.48 bits per heavy atom. The van der Waals surface area contributed by atoms with Gasteiger partial charge in [-0.3, -0.25) is 14.2 Å². The smallest absolute Gasteiger partial charge is 0.241 e. The normalized spacial score (nSPS) is 12.7. The summed E-state index contributed by atoms with van der Waals surface area (Å²) in [5, 5.41) is 8.88. The maximum atomic E-state index is 13.3. The fourth-order valence-electron chi connectivity index (χ4n) is 1.94. The molecule has 2 aromatic rings. The first-order chi connectivity index (χ1) is 10.8. The number of halogens is 1. The molecule has 0 aliphatic heterocycles. The molecular formula is C13H16FN5O3S. The summed E-state index contributed by atoms with van der Waals surface area (Å²) in [7, 11) is -3.75. The summed E-state index contributed by atoms with van der Waals surface area (Å²) < 4.78 is 37.9. The monoisotopic (exact) mass is 341 g/mol. The van der Waals surface area contributed by atoms with Gasteiger partial charge in [0.05, 0.1) is 18.0 Å². The van der Waals surface area contributed by atoms with Crippen molar-refractivity contribution in [3.63, 3.8) is 0 Å². The van der Waals surface area contributed by atoms with Gasteiger partial charge in [-0.2, -0.15) is 5.10 Å². The van der Waals surface area contributed by atoms with E-state index in [0.717, 1.165) is 16.6 Å². The average molecular weight is 341 g/mol. The van der Waals surface area contributed by atoms with E-state index in [0.29, 0.717) is 5.82 Å². The van der Waals surface area contributed by atoms with Crippen LogP contribution in [0.4, 0.5) is 10.1 Å². The Morgan fingerprint density at radius 3 is 2.78 bits per heavy atom. The van der Waals surface area contributed by atoms with E-state index in [4.69, 9.17) is 0 Å². The van der Waals surface area contributed by atoms with Gasteiger partial charge in [0.25, 0.3) is 0 Å². The molecule has 10 heteroatoms. The van der Waals surface area contributed by atoms with Crippen molar-refractivity contribution < 1.29 is 17.6 Å². The maximum Gasteiger partial charge on any atom is 0.241 e. The molecule has 0 fully saturated rings. The van der Waals surface area contributed by atoms with Gasteiger partial charge in [-0.1, -0.05) is 6.07 Å². The molecule has 1 aromatic carbocycles. The first-order valence-electron chi connectivity index (χ1n) is 6.65. The molecule has 2 N–H and O–H groups in total. The highest BCUT2D eigenvalue weighted by Gasteiger charge is 2.22. The molecule has 1 aromatic heterocycles. The molecular weight excluding hydrogens is 325 g/mol. The largest absolute Gasteiger partial charge is 0.345 e. The van der Waals surface area contributed by atoms with Gasteiger partial charge in [0.2, 0.25) is 15.9 Å². The molecule has 0 saturated heterocycles. The first-order valence-corrected chi connectivity index (χ1v) is 8.50. The fourth-order valence-corrected chi connectivity index (χ4v) is 2.79. The first kappa shape index (κ1) is 16.9. The SMILES string of the molecule is C[C@@H](NC(=O)CN(c1cccc(F)c1)S(C)(=O)=O)c1ncn[nH]1. The van der Waals surface area contributed by atoms with Crippen LogP contribution in [0, 0.1) is 5.82 Å². The van der Waals surface area contributed by atoms with Crippen LogP contribution < -0.4 is 9.62 Å². The van der Waals surface area contributed by atoms with Gasteiger partial charge in [-0.05, 0) is 25.1 Å². The van der Waals surface area contributed by atoms with E-state index in [1.54, 1.807) is 6.92 Å². The van der Waals surface area contributed by atoms with E-state index in [1.165, 1.54) is 24.5 Å². The number of carbonyl (C=O) groups is 1. The lowest BCUT2D eigenvalue weighted by Crippen LogP contribution is -2.41. The number of rotatable bonds is 6. The topological polar surface area (TPSA) is 108 Å². The third kappa shape index (κ3) is 4.49. The zero-order valence-electron chi connectivity index (χ0n) is 12.5. The Morgan fingerprint density at radius 2 is 2.22 bits per heavy atom. The van der Waals surface area contributed by atoms with Crippen molar-refractivity contribution >= 4 is 21.6 Å². The van der Waals surface area contributed by atoms with E-state index in [-0.39, 0.29) is 5.69 Å². The zero-order chi connectivity index (χ0) is 17.0. The van der Waals surface area contributed by atoms with Gasteiger partial charge in [-0.15, -0.1) is 0 Å². The van der Waals surface area contributed by atoms with E-state index < -0.39 is 34.3 Å². The van der Waals surface area contributed by atoms with Gasteiger partial charge in [0, 0.05) is 0 Å². The van der Waals surface area contributed by atoms with E-state index in [2.05, 4.69) is 20.5 Å². The van der Waals surface area contributed by atoms with Gasteiger partial charge >= 0.3 is 0 Å². The predicted octanol–water partition coefficient (Wildman–Crippen LogP) is 0.587. The number of benzene rings is 1. The second-order valence-electron chi connectivity index (χ2n) is 4.91. The Balaban J connectivity index is 2.14. The number of H-pyrrole nitrogens is 1. The number of aromatic amines is 1. The quantitative estimate of drug-likeness (QED) is 0.799. The average Bonchev–Trinajstić information content (AvgIpc) is 2.97. The number of hydrogen-bond donors (Lipinski definition) is 2. The minimum absolute atomic E-state index is 0.0787. The lowest BCUT2D eigenvalue weighted by atomic mass is 10.3. The number of carbonyl (C=O) groups excluding carboxylic acids is 1. The number of nitrogens with zero attached hydrogens (tertiary/aromatic N) is 3. The van der Waals surface area contributed by atoms with Crippen molar-refractivity contribution in [3.05, 3.63) is 42.2 Å². The van der Waals surface area contributed by atoms with Crippen LogP contribution >= 0.6 is 0 Å². The maximum absolute atomic E-state index is 13.3. The van der Waals surface area contributed by atoms with Crippen LogP contribution in [0.3, 0.4) is 0 Å². The molecule has 0 aliphatic rings. The molecule has 0 unspecified atom stereocenters. The van der Waals surface area contributed by atoms with Crippen LogP contribution in [0.25, 0.3) is 0 Å². The van der Waals surface area contributed by atoms with Gasteiger partial charge < -0.3 is 5.32 Å². The van der Waals surface area contributed by atoms with Gasteiger partial charge in [0.15, 0.2) is 0 Å². The highest BCUT2D eigenvalue weighted by atomic mass is 32.2. The van der Waals surface area contributed by atoms with E-state index in [9.17, 15) is 17.6 Å². The standard InChI is InChI=1S/C13H16FN5O3S/c1-9(13-15-8-16-18-13)17-12(20)7-19(23(2,21)22)11-5-3-4-10(14)6-11/h3-6,8-9H,7H2,1-2H3,(H,17,20)(H,15,16,18)/t9-/m1/s1. The number of nitrogens with one attached hydrogen (secondary N) is 2. The number of amides is 1. The van der Waals surface area contributed by atoms with Crippen LogP contribution in [0.1, 0.15) is 18.8 Å². The highest BCUT2D eigenvalue weighted by molar-refractivity contribution is 7.92. The fraction of sp³-hybridized carbons (Fsp3) is 0.308. The Hall–Kier alpha value is -2.49. The third-order valence-corrected chi connectivity index (χ3v) is 4.15. The van der Waals surface area contributed by atoms with E-state index in [1.807, 2.05) is 0 Å². The van der Waals surface area contributed by atoms with E-state index >= 15 is 0 Å². The van der Waals surface area contributed by atoms with Crippen molar-refractivity contribution in [2.45, 2.75) is 13.0 Å². The van der Waals surface area contributed by atoms with Crippen LogP contribution in [0.2, 0.25) is 0 Å². The van der Waals surface area contributed by atoms with Gasteiger partial charge in [0.1, 0.15) is 24.5 Å². The summed E-state index contributed by atoms with van der Waals surface area (Å²) in [5.41, 5.74) is 0.0787. The molecule has 2 rings (SSSR count). The van der Waals surface area contributed by atoms with Crippen molar-refractivity contribution in [2.75, 3.05) is 17.1 Å². The number of hydrogen-bond acceptors (Lipinski definition) is 5. The number of aromatic nitrogens is 3. The molecule has 124 valence electrons. The van der Waals surface area contributed by atoms with Crippen molar-refractivity contribution in [1.29, 1.82) is 0 Å². The second-order valence-corrected chi connectivity index (χ2v) is 6.82. The number of anilines is 1. The Bertz CT molecular complexity index is 779. The van der Waals surface area contributed by atoms with Crippen molar-refractivity contribution in [3.8, 4) is 0 Å². The predicted molar refractivity (Wildman–Crippen MR) is 81.5 cm³/mol. The molecule has 1 amide bonds. The zero-order valence-corrected chi connectivity index (χ0v) is 13.3. The summed E-state index contributed by atoms with van der Waals surface area (Å²) in [6, 6.07) is 4.55. The molecule has 23 heavy (non-hydrogen) atoms. The van der Waals surface area contributed by atoms with Crippen molar-refractivity contribution in [2.24, 2.45) is 0 Å². The van der Waals surface area contributed by atoms with Gasteiger partial charge in [-0.25, -0.2) is 17.8 Å². The minimum atomic E-state index is -3.75. The summed E-state index contributed by atoms with van der Waals surface area (Å²) in [6.07, 6.45) is 2.25.